The van der Waals surface area contributed by atoms with E-state index in [1.807, 2.05) is 0 Å². The van der Waals surface area contributed by atoms with Crippen LogP contribution in [0.5, 0.6) is 5.88 Å². The fourth-order valence-electron chi connectivity index (χ4n) is 1.47. The molecule has 0 unspecified atom stereocenters. The van der Waals surface area contributed by atoms with Crippen molar-refractivity contribution in [3.8, 4) is 5.88 Å². The van der Waals surface area contributed by atoms with Gasteiger partial charge in [0.1, 0.15) is 11.9 Å². The molecule has 0 bridgehead atoms. The molecule has 13 heavy (non-hydrogen) atoms. The van der Waals surface area contributed by atoms with E-state index in [9.17, 15) is 5.11 Å². The maximum atomic E-state index is 9.96. The smallest absolute Gasteiger partial charge is 0.216 e. The first-order chi connectivity index (χ1) is 6.24. The highest BCUT2D eigenvalue weighted by atomic mass is 16.5. The van der Waals surface area contributed by atoms with Gasteiger partial charge in [0.15, 0.2) is 0 Å². The Hall–Kier alpha value is -1.16. The van der Waals surface area contributed by atoms with Gasteiger partial charge in [0.2, 0.25) is 5.88 Å². The largest absolute Gasteiger partial charge is 0.481 e. The number of aromatic nitrogens is 2. The fourth-order valence-corrected chi connectivity index (χ4v) is 1.47. The molecular weight excluding hydrogens is 168 g/mol. The molecule has 1 aliphatic carbocycles. The summed E-state index contributed by atoms with van der Waals surface area (Å²) in [6.07, 6.45) is 4.05. The summed E-state index contributed by atoms with van der Waals surface area (Å²) < 4.78 is 4.96. The Morgan fingerprint density at radius 2 is 2.23 bits per heavy atom. The molecule has 4 nitrogen and oxygen atoms in total. The van der Waals surface area contributed by atoms with E-state index in [1.54, 1.807) is 13.2 Å². The van der Waals surface area contributed by atoms with E-state index in [4.69, 9.17) is 4.74 Å². The van der Waals surface area contributed by atoms with Crippen molar-refractivity contribution in [2.75, 3.05) is 7.11 Å². The number of rotatable bonds is 2. The normalized spacial score (nSPS) is 19.2. The number of hydrogen-bond acceptors (Lipinski definition) is 4. The Kier molecular flexibility index (Phi) is 1.92. The van der Waals surface area contributed by atoms with Gasteiger partial charge < -0.3 is 9.84 Å². The van der Waals surface area contributed by atoms with Crippen molar-refractivity contribution in [2.24, 2.45) is 0 Å². The lowest BCUT2D eigenvalue weighted by Gasteiger charge is -2.35. The van der Waals surface area contributed by atoms with Crippen molar-refractivity contribution in [2.45, 2.75) is 24.9 Å². The molecule has 0 amide bonds. The van der Waals surface area contributed by atoms with Crippen molar-refractivity contribution in [1.29, 1.82) is 0 Å². The Balaban J connectivity index is 2.29. The van der Waals surface area contributed by atoms with Gasteiger partial charge in [-0.1, -0.05) is 0 Å². The minimum atomic E-state index is -0.726. The second-order valence-corrected chi connectivity index (χ2v) is 3.33. The molecule has 1 aromatic rings. The van der Waals surface area contributed by atoms with Crippen molar-refractivity contribution in [3.63, 3.8) is 0 Å². The van der Waals surface area contributed by atoms with Gasteiger partial charge in [-0.15, -0.1) is 0 Å². The highest BCUT2D eigenvalue weighted by molar-refractivity contribution is 5.21. The number of ether oxygens (including phenoxy) is 1. The molecule has 70 valence electrons. The van der Waals surface area contributed by atoms with Crippen LogP contribution in [0.3, 0.4) is 0 Å². The van der Waals surface area contributed by atoms with Gasteiger partial charge in [0.05, 0.1) is 12.8 Å². The maximum Gasteiger partial charge on any atom is 0.216 e. The van der Waals surface area contributed by atoms with Crippen molar-refractivity contribution < 1.29 is 9.84 Å². The van der Waals surface area contributed by atoms with E-state index in [0.29, 0.717) is 11.6 Å². The minimum Gasteiger partial charge on any atom is -0.481 e. The second kappa shape index (κ2) is 2.96. The van der Waals surface area contributed by atoms with E-state index >= 15 is 0 Å². The summed E-state index contributed by atoms with van der Waals surface area (Å²) in [5, 5.41) is 9.96. The van der Waals surface area contributed by atoms with Crippen LogP contribution in [0.15, 0.2) is 12.4 Å². The molecule has 1 aliphatic rings. The first-order valence-corrected chi connectivity index (χ1v) is 4.33. The first kappa shape index (κ1) is 8.44. The van der Waals surface area contributed by atoms with Gasteiger partial charge >= 0.3 is 0 Å². The van der Waals surface area contributed by atoms with Crippen LogP contribution < -0.4 is 4.74 Å². The molecule has 0 aromatic carbocycles. The third-order valence-electron chi connectivity index (χ3n) is 2.51. The Bertz CT molecular complexity index is 310. The number of methoxy groups -OCH3 is 1. The third kappa shape index (κ3) is 1.37. The summed E-state index contributed by atoms with van der Waals surface area (Å²) >= 11 is 0. The predicted octanol–water partition coefficient (Wildman–Crippen LogP) is 0.857. The van der Waals surface area contributed by atoms with Crippen molar-refractivity contribution in [3.05, 3.63) is 18.1 Å². The monoisotopic (exact) mass is 180 g/mol. The van der Waals surface area contributed by atoms with Crippen LogP contribution in [-0.2, 0) is 5.60 Å². The predicted molar refractivity (Wildman–Crippen MR) is 46.3 cm³/mol. The average Bonchev–Trinajstić information content (AvgIpc) is 2.14. The highest BCUT2D eigenvalue weighted by Gasteiger charge is 2.37. The molecule has 1 fully saturated rings. The summed E-state index contributed by atoms with van der Waals surface area (Å²) in [6.45, 7) is 0. The van der Waals surface area contributed by atoms with Gasteiger partial charge in [0, 0.05) is 6.07 Å². The second-order valence-electron chi connectivity index (χ2n) is 3.33. The number of aliphatic hydroxyl groups is 1. The van der Waals surface area contributed by atoms with Crippen LogP contribution in [0, 0.1) is 0 Å². The molecule has 0 radical (unpaired) electrons. The molecular formula is C9H12N2O2. The summed E-state index contributed by atoms with van der Waals surface area (Å²) in [5.74, 6) is 0.505. The number of nitrogens with zero attached hydrogens (tertiary/aromatic N) is 2. The van der Waals surface area contributed by atoms with E-state index in [1.165, 1.54) is 6.33 Å². The quantitative estimate of drug-likeness (QED) is 0.733. The summed E-state index contributed by atoms with van der Waals surface area (Å²) in [4.78, 5) is 7.93. The molecule has 2 rings (SSSR count). The van der Waals surface area contributed by atoms with Gasteiger partial charge in [-0.05, 0) is 19.3 Å². The van der Waals surface area contributed by atoms with Gasteiger partial charge in [0.25, 0.3) is 0 Å². The Labute approximate surface area is 76.6 Å². The Morgan fingerprint density at radius 1 is 1.46 bits per heavy atom. The standard InChI is InChI=1S/C9H12N2O2/c1-13-8-5-7(10-6-11-8)9(12)3-2-4-9/h5-6,12H,2-4H2,1H3. The van der Waals surface area contributed by atoms with E-state index < -0.39 is 5.60 Å². The van der Waals surface area contributed by atoms with E-state index in [0.717, 1.165) is 19.3 Å². The highest BCUT2D eigenvalue weighted by Crippen LogP contribution is 2.40. The Morgan fingerprint density at radius 3 is 2.77 bits per heavy atom. The van der Waals surface area contributed by atoms with Crippen LogP contribution in [0.25, 0.3) is 0 Å². The molecule has 0 saturated heterocycles. The molecule has 1 aromatic heterocycles. The lowest BCUT2D eigenvalue weighted by atomic mass is 9.78. The molecule has 1 saturated carbocycles. The van der Waals surface area contributed by atoms with E-state index in [2.05, 4.69) is 9.97 Å². The van der Waals surface area contributed by atoms with Crippen LogP contribution in [0.2, 0.25) is 0 Å². The van der Waals surface area contributed by atoms with Crippen LogP contribution in [0.4, 0.5) is 0 Å². The van der Waals surface area contributed by atoms with Gasteiger partial charge in [-0.25, -0.2) is 9.97 Å². The maximum absolute atomic E-state index is 9.96. The minimum absolute atomic E-state index is 0.505. The zero-order chi connectivity index (χ0) is 9.31. The van der Waals surface area contributed by atoms with Crippen LogP contribution >= 0.6 is 0 Å². The molecule has 0 aliphatic heterocycles. The topological polar surface area (TPSA) is 55.2 Å². The summed E-state index contributed by atoms with van der Waals surface area (Å²) in [7, 11) is 1.55. The average molecular weight is 180 g/mol. The van der Waals surface area contributed by atoms with Gasteiger partial charge in [-0.2, -0.15) is 0 Å². The molecule has 4 heteroatoms. The molecule has 0 spiro atoms. The lowest BCUT2D eigenvalue weighted by molar-refractivity contribution is -0.0429. The first-order valence-electron chi connectivity index (χ1n) is 4.33. The zero-order valence-electron chi connectivity index (χ0n) is 7.53. The zero-order valence-corrected chi connectivity index (χ0v) is 7.53. The lowest BCUT2D eigenvalue weighted by Crippen LogP contribution is -2.34. The molecule has 1 N–H and O–H groups in total. The number of hydrogen-bond donors (Lipinski definition) is 1. The summed E-state index contributed by atoms with van der Waals surface area (Å²) in [6, 6.07) is 1.69. The fraction of sp³-hybridized carbons (Fsp3) is 0.556. The molecule has 1 heterocycles. The molecule has 0 atom stereocenters. The van der Waals surface area contributed by atoms with Gasteiger partial charge in [-0.3, -0.25) is 0 Å². The van der Waals surface area contributed by atoms with Crippen molar-refractivity contribution >= 4 is 0 Å². The van der Waals surface area contributed by atoms with Crippen LogP contribution in [0.1, 0.15) is 25.0 Å². The summed E-state index contributed by atoms with van der Waals surface area (Å²) in [5.41, 5.74) is -0.0541. The van der Waals surface area contributed by atoms with Crippen molar-refractivity contribution in [1.82, 2.24) is 9.97 Å². The SMILES string of the molecule is COc1cc(C2(O)CCC2)ncn1. The van der Waals surface area contributed by atoms with Crippen LogP contribution in [-0.4, -0.2) is 22.2 Å². The van der Waals surface area contributed by atoms with E-state index in [-0.39, 0.29) is 0 Å². The third-order valence-corrected chi connectivity index (χ3v) is 2.51.